The van der Waals surface area contributed by atoms with Gasteiger partial charge in [-0.25, -0.2) is 0 Å². The number of aliphatic hydroxyl groups excluding tert-OH is 1. The molecule has 5 heteroatoms. The zero-order chi connectivity index (χ0) is 17.5. The lowest BCUT2D eigenvalue weighted by Gasteiger charge is -2.15. The molecule has 0 aliphatic carbocycles. The smallest absolute Gasteiger partial charge is 0.257 e. The summed E-state index contributed by atoms with van der Waals surface area (Å²) in [6.07, 6.45) is -1.29. The molecule has 0 saturated heterocycles. The average molecular weight is 326 g/mol. The number of rotatable bonds is 6. The minimum Gasteiger partial charge on any atom is -0.378 e. The molecular weight excluding hydrogens is 304 g/mol. The van der Waals surface area contributed by atoms with E-state index in [0.29, 0.717) is 29.3 Å². The first-order valence-corrected chi connectivity index (χ1v) is 7.90. The van der Waals surface area contributed by atoms with Crippen molar-refractivity contribution >= 4 is 17.5 Å². The summed E-state index contributed by atoms with van der Waals surface area (Å²) in [5, 5.41) is 15.6. The molecular formula is C19H22N2O3. The van der Waals surface area contributed by atoms with E-state index in [1.165, 1.54) is 0 Å². The molecule has 0 heterocycles. The van der Waals surface area contributed by atoms with Gasteiger partial charge in [-0.3, -0.25) is 9.59 Å². The van der Waals surface area contributed by atoms with Crippen molar-refractivity contribution < 1.29 is 14.7 Å². The van der Waals surface area contributed by atoms with Gasteiger partial charge in [0.1, 0.15) is 0 Å². The van der Waals surface area contributed by atoms with Crippen LogP contribution in [-0.4, -0.2) is 23.5 Å². The Morgan fingerprint density at radius 3 is 2.29 bits per heavy atom. The zero-order valence-electron chi connectivity index (χ0n) is 13.8. The Bertz CT molecular complexity index is 699. The quantitative estimate of drug-likeness (QED) is 0.764. The van der Waals surface area contributed by atoms with Gasteiger partial charge in [-0.15, -0.1) is 0 Å². The molecule has 0 bridgehead atoms. The van der Waals surface area contributed by atoms with Crippen LogP contribution in [0.2, 0.25) is 0 Å². The highest BCUT2D eigenvalue weighted by atomic mass is 16.3. The first kappa shape index (κ1) is 17.7. The fraction of sp³-hybridized carbons (Fsp3) is 0.263. The Kier molecular flexibility index (Phi) is 6.09. The Balaban J connectivity index is 2.12. The molecule has 2 aromatic carbocycles. The number of nitrogens with one attached hydrogen (secondary N) is 2. The molecule has 0 aromatic heterocycles. The number of carbonyl (C=O) groups excluding carboxylic acids is 2. The summed E-state index contributed by atoms with van der Waals surface area (Å²) >= 11 is 0. The van der Waals surface area contributed by atoms with Crippen molar-refractivity contribution in [3.8, 4) is 0 Å². The first-order valence-electron chi connectivity index (χ1n) is 7.90. The van der Waals surface area contributed by atoms with Gasteiger partial charge in [0.25, 0.3) is 11.8 Å². The van der Waals surface area contributed by atoms with Crippen LogP contribution in [0.5, 0.6) is 0 Å². The standard InChI is InChI=1S/C19H22N2O3/c1-13(2)12-20-18(23)15-10-6-7-11-16(15)21-19(24)17(22)14-8-4-3-5-9-14/h3-11,13,17,22H,12H2,1-2H3,(H,20,23)(H,21,24). The third-order valence-corrected chi connectivity index (χ3v) is 3.46. The number of aliphatic hydroxyl groups is 1. The van der Waals surface area contributed by atoms with E-state index in [9.17, 15) is 14.7 Å². The monoisotopic (exact) mass is 326 g/mol. The lowest BCUT2D eigenvalue weighted by molar-refractivity contribution is -0.124. The van der Waals surface area contributed by atoms with E-state index in [1.54, 1.807) is 48.5 Å². The lowest BCUT2D eigenvalue weighted by Crippen LogP contribution is -2.29. The molecule has 126 valence electrons. The maximum absolute atomic E-state index is 12.3. The Morgan fingerprint density at radius 2 is 1.62 bits per heavy atom. The van der Waals surface area contributed by atoms with Crippen molar-refractivity contribution in [2.75, 3.05) is 11.9 Å². The average Bonchev–Trinajstić information content (AvgIpc) is 2.60. The molecule has 1 atom stereocenters. The fourth-order valence-electron chi connectivity index (χ4n) is 2.17. The molecule has 0 radical (unpaired) electrons. The molecule has 5 nitrogen and oxygen atoms in total. The molecule has 0 spiro atoms. The van der Waals surface area contributed by atoms with Crippen molar-refractivity contribution in [3.05, 3.63) is 65.7 Å². The van der Waals surface area contributed by atoms with Crippen LogP contribution in [-0.2, 0) is 4.79 Å². The Hall–Kier alpha value is -2.66. The van der Waals surface area contributed by atoms with Gasteiger partial charge < -0.3 is 15.7 Å². The highest BCUT2D eigenvalue weighted by Crippen LogP contribution is 2.19. The van der Waals surface area contributed by atoms with Crippen molar-refractivity contribution in [2.24, 2.45) is 5.92 Å². The van der Waals surface area contributed by atoms with Crippen LogP contribution >= 0.6 is 0 Å². The predicted octanol–water partition coefficient (Wildman–Crippen LogP) is 2.74. The van der Waals surface area contributed by atoms with Gasteiger partial charge in [-0.05, 0) is 23.6 Å². The van der Waals surface area contributed by atoms with Crippen molar-refractivity contribution in [1.29, 1.82) is 0 Å². The summed E-state index contributed by atoms with van der Waals surface area (Å²) in [6, 6.07) is 15.4. The van der Waals surface area contributed by atoms with Gasteiger partial charge in [0.15, 0.2) is 6.10 Å². The number of hydrogen-bond donors (Lipinski definition) is 3. The van der Waals surface area contributed by atoms with Gasteiger partial charge >= 0.3 is 0 Å². The van der Waals surface area contributed by atoms with Crippen LogP contribution in [0.25, 0.3) is 0 Å². The highest BCUT2D eigenvalue weighted by Gasteiger charge is 2.19. The second-order valence-electron chi connectivity index (χ2n) is 5.95. The number of benzene rings is 2. The van der Waals surface area contributed by atoms with E-state index in [1.807, 2.05) is 19.9 Å². The number of anilines is 1. The summed E-state index contributed by atoms with van der Waals surface area (Å²) in [5.41, 5.74) is 1.24. The van der Waals surface area contributed by atoms with Gasteiger partial charge in [-0.2, -0.15) is 0 Å². The summed E-state index contributed by atoms with van der Waals surface area (Å²) in [6.45, 7) is 4.56. The third-order valence-electron chi connectivity index (χ3n) is 3.46. The number of para-hydroxylation sites is 1. The Morgan fingerprint density at radius 1 is 1.00 bits per heavy atom. The largest absolute Gasteiger partial charge is 0.378 e. The van der Waals surface area contributed by atoms with E-state index in [-0.39, 0.29) is 5.91 Å². The third kappa shape index (κ3) is 4.67. The van der Waals surface area contributed by atoms with Crippen LogP contribution in [0, 0.1) is 5.92 Å². The second kappa shape index (κ2) is 8.26. The van der Waals surface area contributed by atoms with E-state index in [2.05, 4.69) is 10.6 Å². The zero-order valence-corrected chi connectivity index (χ0v) is 13.8. The molecule has 0 saturated carbocycles. The summed E-state index contributed by atoms with van der Waals surface area (Å²) in [5.74, 6) is -0.505. The maximum atomic E-state index is 12.3. The van der Waals surface area contributed by atoms with E-state index >= 15 is 0 Å². The molecule has 0 fully saturated rings. The van der Waals surface area contributed by atoms with Crippen molar-refractivity contribution in [3.63, 3.8) is 0 Å². The lowest BCUT2D eigenvalue weighted by atomic mass is 10.1. The van der Waals surface area contributed by atoms with E-state index in [0.717, 1.165) is 0 Å². The summed E-state index contributed by atoms with van der Waals surface area (Å²) in [7, 11) is 0. The number of hydrogen-bond acceptors (Lipinski definition) is 3. The van der Waals surface area contributed by atoms with Crippen LogP contribution in [0.4, 0.5) is 5.69 Å². The van der Waals surface area contributed by atoms with Gasteiger partial charge in [0.05, 0.1) is 11.3 Å². The Labute approximate surface area is 141 Å². The van der Waals surface area contributed by atoms with Crippen LogP contribution in [0.1, 0.15) is 35.9 Å². The molecule has 2 aromatic rings. The molecule has 3 N–H and O–H groups in total. The highest BCUT2D eigenvalue weighted by molar-refractivity contribution is 6.04. The predicted molar refractivity (Wildman–Crippen MR) is 93.6 cm³/mol. The molecule has 24 heavy (non-hydrogen) atoms. The van der Waals surface area contributed by atoms with Crippen LogP contribution in [0.15, 0.2) is 54.6 Å². The molecule has 1 unspecified atom stereocenters. The summed E-state index contributed by atoms with van der Waals surface area (Å²) < 4.78 is 0. The van der Waals surface area contributed by atoms with Crippen LogP contribution in [0.3, 0.4) is 0 Å². The number of carbonyl (C=O) groups is 2. The summed E-state index contributed by atoms with van der Waals surface area (Å²) in [4.78, 5) is 24.5. The number of amides is 2. The molecule has 2 amide bonds. The van der Waals surface area contributed by atoms with E-state index < -0.39 is 12.0 Å². The topological polar surface area (TPSA) is 78.4 Å². The van der Waals surface area contributed by atoms with Gasteiger partial charge in [0.2, 0.25) is 0 Å². The SMILES string of the molecule is CC(C)CNC(=O)c1ccccc1NC(=O)C(O)c1ccccc1. The second-order valence-corrected chi connectivity index (χ2v) is 5.95. The van der Waals surface area contributed by atoms with Gasteiger partial charge in [0, 0.05) is 6.54 Å². The molecule has 2 rings (SSSR count). The minimum absolute atomic E-state index is 0.256. The minimum atomic E-state index is -1.29. The molecule has 0 aliphatic rings. The van der Waals surface area contributed by atoms with Crippen molar-refractivity contribution in [1.82, 2.24) is 5.32 Å². The molecule has 0 aliphatic heterocycles. The van der Waals surface area contributed by atoms with Crippen LogP contribution < -0.4 is 10.6 Å². The maximum Gasteiger partial charge on any atom is 0.257 e. The van der Waals surface area contributed by atoms with Crippen molar-refractivity contribution in [2.45, 2.75) is 20.0 Å². The normalized spacial score (nSPS) is 11.8. The fourth-order valence-corrected chi connectivity index (χ4v) is 2.17. The van der Waals surface area contributed by atoms with Gasteiger partial charge in [-0.1, -0.05) is 56.3 Å². The first-order chi connectivity index (χ1) is 11.5. The van der Waals surface area contributed by atoms with E-state index in [4.69, 9.17) is 0 Å².